The van der Waals surface area contributed by atoms with Gasteiger partial charge in [-0.1, -0.05) is 18.2 Å². The van der Waals surface area contributed by atoms with Gasteiger partial charge in [0, 0.05) is 12.6 Å². The summed E-state index contributed by atoms with van der Waals surface area (Å²) in [5.74, 6) is 0. The van der Waals surface area contributed by atoms with E-state index in [0.717, 1.165) is 19.5 Å². The minimum absolute atomic E-state index is 0.528. The van der Waals surface area contributed by atoms with Crippen LogP contribution in [0.25, 0.3) is 0 Å². The second kappa shape index (κ2) is 4.33. The van der Waals surface area contributed by atoms with Crippen LogP contribution >= 0.6 is 0 Å². The normalized spacial score (nSPS) is 21.4. The van der Waals surface area contributed by atoms with E-state index in [9.17, 15) is 0 Å². The number of benzene rings is 1. The number of hydrogen-bond donors (Lipinski definition) is 1. The van der Waals surface area contributed by atoms with Crippen molar-refractivity contribution in [2.24, 2.45) is 5.73 Å². The fourth-order valence-corrected chi connectivity index (χ4v) is 2.63. The Morgan fingerprint density at radius 2 is 2.27 bits per heavy atom. The van der Waals surface area contributed by atoms with Gasteiger partial charge < -0.3 is 5.73 Å². The first-order valence-electron chi connectivity index (χ1n) is 5.72. The van der Waals surface area contributed by atoms with Crippen LogP contribution < -0.4 is 5.73 Å². The molecule has 0 amide bonds. The summed E-state index contributed by atoms with van der Waals surface area (Å²) in [6, 6.07) is 7.17. The Morgan fingerprint density at radius 3 is 3.00 bits per heavy atom. The zero-order valence-electron chi connectivity index (χ0n) is 9.66. The van der Waals surface area contributed by atoms with Crippen molar-refractivity contribution in [3.05, 3.63) is 34.9 Å². The lowest BCUT2D eigenvalue weighted by Gasteiger charge is -2.35. The van der Waals surface area contributed by atoms with Crippen LogP contribution in [0.4, 0.5) is 0 Å². The van der Waals surface area contributed by atoms with Gasteiger partial charge in [0.15, 0.2) is 0 Å². The van der Waals surface area contributed by atoms with E-state index in [1.165, 1.54) is 23.1 Å². The molecule has 2 nitrogen and oxygen atoms in total. The van der Waals surface area contributed by atoms with Gasteiger partial charge >= 0.3 is 0 Å². The van der Waals surface area contributed by atoms with Crippen LogP contribution in [0.1, 0.15) is 29.2 Å². The molecule has 1 atom stereocenters. The first-order valence-corrected chi connectivity index (χ1v) is 5.72. The predicted octanol–water partition coefficient (Wildman–Crippen LogP) is 1.87. The molecule has 0 spiro atoms. The van der Waals surface area contributed by atoms with E-state index in [-0.39, 0.29) is 0 Å². The van der Waals surface area contributed by atoms with Crippen molar-refractivity contribution >= 4 is 0 Å². The Labute approximate surface area is 92.1 Å². The Bertz CT molecular complexity index is 346. The largest absolute Gasteiger partial charge is 0.330 e. The van der Waals surface area contributed by atoms with Crippen molar-refractivity contribution in [2.75, 3.05) is 20.1 Å². The molecule has 0 bridgehead atoms. The van der Waals surface area contributed by atoms with E-state index >= 15 is 0 Å². The van der Waals surface area contributed by atoms with Gasteiger partial charge in [0.2, 0.25) is 0 Å². The van der Waals surface area contributed by atoms with Crippen LogP contribution in [0.3, 0.4) is 0 Å². The quantitative estimate of drug-likeness (QED) is 0.797. The molecule has 82 valence electrons. The molecule has 2 N–H and O–H groups in total. The van der Waals surface area contributed by atoms with Gasteiger partial charge in [-0.05, 0) is 50.0 Å². The molecule has 1 unspecified atom stereocenters. The minimum Gasteiger partial charge on any atom is -0.330 e. The topological polar surface area (TPSA) is 29.3 Å². The smallest absolute Gasteiger partial charge is 0.0362 e. The predicted molar refractivity (Wildman–Crippen MR) is 63.9 cm³/mol. The van der Waals surface area contributed by atoms with Crippen molar-refractivity contribution in [3.8, 4) is 0 Å². The van der Waals surface area contributed by atoms with Gasteiger partial charge in [0.05, 0.1) is 0 Å². The van der Waals surface area contributed by atoms with Crippen LogP contribution in [0.2, 0.25) is 0 Å². The highest BCUT2D eigenvalue weighted by molar-refractivity contribution is 5.38. The summed E-state index contributed by atoms with van der Waals surface area (Å²) in [6.07, 6.45) is 2.24. The van der Waals surface area contributed by atoms with Gasteiger partial charge in [0.1, 0.15) is 0 Å². The van der Waals surface area contributed by atoms with Crippen LogP contribution in [0.15, 0.2) is 18.2 Å². The minimum atomic E-state index is 0.528. The molecule has 1 aliphatic heterocycles. The fourth-order valence-electron chi connectivity index (χ4n) is 2.63. The second-order valence-corrected chi connectivity index (χ2v) is 4.47. The Kier molecular flexibility index (Phi) is 3.08. The highest BCUT2D eigenvalue weighted by Crippen LogP contribution is 2.32. The van der Waals surface area contributed by atoms with E-state index in [4.69, 9.17) is 5.73 Å². The average Bonchev–Trinajstić information content (AvgIpc) is 2.23. The average molecular weight is 204 g/mol. The number of rotatable bonds is 2. The maximum Gasteiger partial charge on any atom is 0.0362 e. The summed E-state index contributed by atoms with van der Waals surface area (Å²) in [5.41, 5.74) is 10.2. The first-order chi connectivity index (χ1) is 7.24. The summed E-state index contributed by atoms with van der Waals surface area (Å²) in [7, 11) is 2.20. The molecule has 0 aliphatic carbocycles. The first kappa shape index (κ1) is 10.7. The number of fused-ring (bicyclic) bond motifs is 1. The van der Waals surface area contributed by atoms with Crippen molar-refractivity contribution in [1.82, 2.24) is 4.90 Å². The third-order valence-corrected chi connectivity index (χ3v) is 3.45. The molecule has 1 aliphatic rings. The third kappa shape index (κ3) is 1.92. The molecule has 1 aromatic rings. The fraction of sp³-hybridized carbons (Fsp3) is 0.538. The number of hydrogen-bond acceptors (Lipinski definition) is 2. The van der Waals surface area contributed by atoms with E-state index in [1.54, 1.807) is 0 Å². The lowest BCUT2D eigenvalue weighted by Crippen LogP contribution is -2.34. The van der Waals surface area contributed by atoms with Gasteiger partial charge in [-0.2, -0.15) is 0 Å². The molecular formula is C13H20N2. The lowest BCUT2D eigenvalue weighted by molar-refractivity contribution is 0.221. The van der Waals surface area contributed by atoms with Crippen LogP contribution in [0, 0.1) is 6.92 Å². The van der Waals surface area contributed by atoms with E-state index in [2.05, 4.69) is 37.1 Å². The number of aryl methyl sites for hydroxylation is 1. The molecule has 0 fully saturated rings. The molecule has 2 rings (SSSR count). The standard InChI is InChI=1S/C13H20N2/c1-10-4-3-5-11-7-9-15(2)12(6-8-14)13(10)11/h3-5,12H,6-9,14H2,1-2H3. The molecule has 0 saturated heterocycles. The Balaban J connectivity index is 2.41. The van der Waals surface area contributed by atoms with Crippen LogP contribution in [0.5, 0.6) is 0 Å². The van der Waals surface area contributed by atoms with Crippen molar-refractivity contribution in [3.63, 3.8) is 0 Å². The van der Waals surface area contributed by atoms with Gasteiger partial charge in [-0.25, -0.2) is 0 Å². The van der Waals surface area contributed by atoms with E-state index in [0.29, 0.717) is 6.04 Å². The Hall–Kier alpha value is -0.860. The number of likely N-dealkylation sites (N-methyl/N-ethyl adjacent to an activating group) is 1. The zero-order chi connectivity index (χ0) is 10.8. The number of nitrogens with zero attached hydrogens (tertiary/aromatic N) is 1. The molecule has 2 heteroatoms. The van der Waals surface area contributed by atoms with Crippen LogP contribution in [-0.4, -0.2) is 25.0 Å². The molecule has 0 aromatic heterocycles. The molecule has 1 heterocycles. The maximum atomic E-state index is 5.70. The van der Waals surface area contributed by atoms with Crippen molar-refractivity contribution in [2.45, 2.75) is 25.8 Å². The Morgan fingerprint density at radius 1 is 1.47 bits per heavy atom. The third-order valence-electron chi connectivity index (χ3n) is 3.45. The molecular weight excluding hydrogens is 184 g/mol. The SMILES string of the molecule is Cc1cccc2c1C(CCN)N(C)CC2. The summed E-state index contributed by atoms with van der Waals surface area (Å²) in [6.45, 7) is 4.13. The van der Waals surface area contributed by atoms with Crippen molar-refractivity contribution < 1.29 is 0 Å². The van der Waals surface area contributed by atoms with E-state index < -0.39 is 0 Å². The lowest BCUT2D eigenvalue weighted by atomic mass is 9.88. The van der Waals surface area contributed by atoms with E-state index in [1.807, 2.05) is 0 Å². The molecule has 1 aromatic carbocycles. The summed E-state index contributed by atoms with van der Waals surface area (Å²) in [5, 5.41) is 0. The zero-order valence-corrected chi connectivity index (χ0v) is 9.66. The molecule has 15 heavy (non-hydrogen) atoms. The van der Waals surface area contributed by atoms with Gasteiger partial charge in [-0.3, -0.25) is 4.90 Å². The van der Waals surface area contributed by atoms with Gasteiger partial charge in [0.25, 0.3) is 0 Å². The summed E-state index contributed by atoms with van der Waals surface area (Å²) >= 11 is 0. The highest BCUT2D eigenvalue weighted by atomic mass is 15.1. The van der Waals surface area contributed by atoms with Crippen molar-refractivity contribution in [1.29, 1.82) is 0 Å². The summed E-state index contributed by atoms with van der Waals surface area (Å²) in [4.78, 5) is 2.43. The number of nitrogens with two attached hydrogens (primary N) is 1. The maximum absolute atomic E-state index is 5.70. The van der Waals surface area contributed by atoms with Crippen LogP contribution in [-0.2, 0) is 6.42 Å². The molecule has 0 radical (unpaired) electrons. The highest BCUT2D eigenvalue weighted by Gasteiger charge is 2.24. The molecule has 0 saturated carbocycles. The summed E-state index contributed by atoms with van der Waals surface area (Å²) < 4.78 is 0. The monoisotopic (exact) mass is 204 g/mol. The second-order valence-electron chi connectivity index (χ2n) is 4.47. The van der Waals surface area contributed by atoms with Gasteiger partial charge in [-0.15, -0.1) is 0 Å².